The van der Waals surface area contributed by atoms with Crippen LogP contribution < -0.4 is 11.5 Å². The van der Waals surface area contributed by atoms with Gasteiger partial charge in [0.15, 0.2) is 0 Å². The molecule has 0 atom stereocenters. The number of rotatable bonds is 2. The Morgan fingerprint density at radius 3 is 2.46 bits per heavy atom. The van der Waals surface area contributed by atoms with E-state index in [-0.39, 0.29) is 4.21 Å². The number of halogens is 1. The van der Waals surface area contributed by atoms with Crippen molar-refractivity contribution >= 4 is 43.2 Å². The maximum absolute atomic E-state index is 11.3. The quantitative estimate of drug-likeness (QED) is 0.609. The predicted molar refractivity (Wildman–Crippen MR) is 55.0 cm³/mol. The standard InChI is InChI=1S/C5H6BrN3O2S2/c6-3-1-2-4(12-3)13(10,11)9-5(7)8/h1-2H,(H4,7,8,9). The Balaban J connectivity index is 3.16. The van der Waals surface area contributed by atoms with E-state index >= 15 is 0 Å². The van der Waals surface area contributed by atoms with Crippen molar-refractivity contribution in [1.82, 2.24) is 0 Å². The minimum Gasteiger partial charge on any atom is -0.369 e. The van der Waals surface area contributed by atoms with Gasteiger partial charge in [0.2, 0.25) is 5.96 Å². The van der Waals surface area contributed by atoms with E-state index in [0.29, 0.717) is 3.79 Å². The molecule has 0 aliphatic rings. The second kappa shape index (κ2) is 3.64. The second-order valence-electron chi connectivity index (χ2n) is 2.05. The molecule has 0 aliphatic carbocycles. The Labute approximate surface area is 87.6 Å². The Morgan fingerprint density at radius 2 is 2.08 bits per heavy atom. The molecule has 0 aromatic carbocycles. The van der Waals surface area contributed by atoms with Crippen LogP contribution in [0.25, 0.3) is 0 Å². The highest BCUT2D eigenvalue weighted by molar-refractivity contribution is 9.11. The molecule has 0 fully saturated rings. The molecule has 0 unspecified atom stereocenters. The van der Waals surface area contributed by atoms with Crippen LogP contribution in [-0.2, 0) is 10.0 Å². The highest BCUT2D eigenvalue weighted by Gasteiger charge is 2.15. The van der Waals surface area contributed by atoms with Crippen molar-refractivity contribution in [3.63, 3.8) is 0 Å². The van der Waals surface area contributed by atoms with Gasteiger partial charge in [0.1, 0.15) is 4.21 Å². The summed E-state index contributed by atoms with van der Waals surface area (Å²) in [5, 5.41) is 0. The van der Waals surface area contributed by atoms with Gasteiger partial charge in [0, 0.05) is 0 Å². The van der Waals surface area contributed by atoms with Crippen LogP contribution in [0, 0.1) is 0 Å². The van der Waals surface area contributed by atoms with Crippen molar-refractivity contribution in [3.8, 4) is 0 Å². The molecular weight excluding hydrogens is 278 g/mol. The highest BCUT2D eigenvalue weighted by Crippen LogP contribution is 2.26. The van der Waals surface area contributed by atoms with E-state index in [1.54, 1.807) is 6.07 Å². The summed E-state index contributed by atoms with van der Waals surface area (Å²) in [6.07, 6.45) is 0. The summed E-state index contributed by atoms with van der Waals surface area (Å²) in [6, 6.07) is 3.04. The Hall–Kier alpha value is -0.600. The van der Waals surface area contributed by atoms with Gasteiger partial charge in [-0.25, -0.2) is 0 Å². The average molecular weight is 284 g/mol. The summed E-state index contributed by atoms with van der Waals surface area (Å²) in [4.78, 5) is 0. The van der Waals surface area contributed by atoms with E-state index < -0.39 is 16.0 Å². The van der Waals surface area contributed by atoms with Gasteiger partial charge in [-0.05, 0) is 28.1 Å². The molecule has 4 N–H and O–H groups in total. The summed E-state index contributed by atoms with van der Waals surface area (Å²) in [6.45, 7) is 0. The van der Waals surface area contributed by atoms with Crippen LogP contribution in [-0.4, -0.2) is 14.4 Å². The molecule has 1 rings (SSSR count). The molecule has 13 heavy (non-hydrogen) atoms. The Kier molecular flexibility index (Phi) is 2.94. The van der Waals surface area contributed by atoms with E-state index in [0.717, 1.165) is 11.3 Å². The first-order valence-corrected chi connectivity index (χ1v) is 6.08. The third-order valence-electron chi connectivity index (χ3n) is 1.03. The molecule has 1 aromatic rings. The number of guanidine groups is 1. The third-order valence-corrected chi connectivity index (χ3v) is 4.42. The van der Waals surface area contributed by atoms with E-state index in [4.69, 9.17) is 11.5 Å². The lowest BCUT2D eigenvalue weighted by Crippen LogP contribution is -2.24. The molecule has 8 heteroatoms. The number of hydrogen-bond acceptors (Lipinski definition) is 3. The van der Waals surface area contributed by atoms with Gasteiger partial charge in [0.25, 0.3) is 10.0 Å². The van der Waals surface area contributed by atoms with Gasteiger partial charge in [-0.2, -0.15) is 8.42 Å². The Bertz CT molecular complexity index is 432. The largest absolute Gasteiger partial charge is 0.369 e. The van der Waals surface area contributed by atoms with Crippen LogP contribution >= 0.6 is 27.3 Å². The normalized spacial score (nSPS) is 11.2. The second-order valence-corrected chi connectivity index (χ2v) is 6.34. The summed E-state index contributed by atoms with van der Waals surface area (Å²) in [7, 11) is -3.71. The lowest BCUT2D eigenvalue weighted by molar-refractivity contribution is 0.600. The summed E-state index contributed by atoms with van der Waals surface area (Å²) in [5.74, 6) is -0.468. The molecule has 0 saturated carbocycles. The number of sulfonamides is 1. The van der Waals surface area contributed by atoms with Crippen LogP contribution in [0.4, 0.5) is 0 Å². The number of thiophene rings is 1. The smallest absolute Gasteiger partial charge is 0.295 e. The van der Waals surface area contributed by atoms with Gasteiger partial charge in [-0.3, -0.25) is 0 Å². The first-order chi connectivity index (χ1) is 5.92. The summed E-state index contributed by atoms with van der Waals surface area (Å²) >= 11 is 4.18. The molecule has 5 nitrogen and oxygen atoms in total. The van der Waals surface area contributed by atoms with E-state index in [1.165, 1.54) is 6.07 Å². The minimum atomic E-state index is -3.71. The average Bonchev–Trinajstić information content (AvgIpc) is 2.32. The maximum atomic E-state index is 11.3. The predicted octanol–water partition coefficient (Wildman–Crippen LogP) is 0.473. The van der Waals surface area contributed by atoms with Crippen LogP contribution in [0.15, 0.2) is 24.5 Å². The zero-order valence-corrected chi connectivity index (χ0v) is 9.49. The van der Waals surface area contributed by atoms with Gasteiger partial charge in [-0.1, -0.05) is 0 Å². The van der Waals surface area contributed by atoms with Gasteiger partial charge < -0.3 is 11.5 Å². The molecule has 0 aliphatic heterocycles. The summed E-state index contributed by atoms with van der Waals surface area (Å²) < 4.78 is 26.5. The fourth-order valence-corrected chi connectivity index (χ4v) is 3.47. The van der Waals surface area contributed by atoms with Crippen LogP contribution in [0.3, 0.4) is 0 Å². The van der Waals surface area contributed by atoms with Gasteiger partial charge >= 0.3 is 0 Å². The van der Waals surface area contributed by atoms with Crippen LogP contribution in [0.1, 0.15) is 0 Å². The third kappa shape index (κ3) is 2.68. The molecule has 1 heterocycles. The minimum absolute atomic E-state index is 0.104. The fourth-order valence-electron chi connectivity index (χ4n) is 0.620. The van der Waals surface area contributed by atoms with Crippen molar-refractivity contribution in [1.29, 1.82) is 0 Å². The van der Waals surface area contributed by atoms with E-state index in [1.807, 2.05) is 0 Å². The lowest BCUT2D eigenvalue weighted by Gasteiger charge is -1.93. The zero-order chi connectivity index (χ0) is 10.1. The van der Waals surface area contributed by atoms with Gasteiger partial charge in [0.05, 0.1) is 3.79 Å². The fraction of sp³-hybridized carbons (Fsp3) is 0. The van der Waals surface area contributed by atoms with E-state index in [2.05, 4.69) is 20.3 Å². The molecule has 72 valence electrons. The number of hydrogen-bond donors (Lipinski definition) is 2. The van der Waals surface area contributed by atoms with Crippen molar-refractivity contribution in [3.05, 3.63) is 15.9 Å². The lowest BCUT2D eigenvalue weighted by atomic mass is 10.7. The topological polar surface area (TPSA) is 98.5 Å². The van der Waals surface area contributed by atoms with Crippen molar-refractivity contribution in [2.45, 2.75) is 4.21 Å². The molecule has 0 saturated heterocycles. The van der Waals surface area contributed by atoms with Crippen LogP contribution in [0.5, 0.6) is 0 Å². The van der Waals surface area contributed by atoms with Crippen molar-refractivity contribution in [2.24, 2.45) is 15.9 Å². The van der Waals surface area contributed by atoms with Crippen LogP contribution in [0.2, 0.25) is 0 Å². The van der Waals surface area contributed by atoms with Gasteiger partial charge in [-0.15, -0.1) is 15.7 Å². The molecular formula is C5H6BrN3O2S2. The molecule has 1 aromatic heterocycles. The van der Waals surface area contributed by atoms with Crippen molar-refractivity contribution < 1.29 is 8.42 Å². The molecule has 0 radical (unpaired) electrons. The Morgan fingerprint density at radius 1 is 1.46 bits per heavy atom. The molecule has 0 spiro atoms. The SMILES string of the molecule is NC(N)=NS(=O)(=O)c1ccc(Br)s1. The highest BCUT2D eigenvalue weighted by atomic mass is 79.9. The molecule has 0 amide bonds. The number of nitrogens with zero attached hydrogens (tertiary/aromatic N) is 1. The maximum Gasteiger partial charge on any atom is 0.295 e. The van der Waals surface area contributed by atoms with E-state index in [9.17, 15) is 8.42 Å². The summed E-state index contributed by atoms with van der Waals surface area (Å²) in [5.41, 5.74) is 9.93. The number of nitrogens with two attached hydrogens (primary N) is 2. The zero-order valence-electron chi connectivity index (χ0n) is 6.27. The molecule has 0 bridgehead atoms. The van der Waals surface area contributed by atoms with Crippen molar-refractivity contribution in [2.75, 3.05) is 0 Å². The first-order valence-electron chi connectivity index (χ1n) is 3.03. The first kappa shape index (κ1) is 10.5. The monoisotopic (exact) mass is 283 g/mol.